The number of sulfonamides is 1. The highest BCUT2D eigenvalue weighted by molar-refractivity contribution is 7.89. The molecule has 0 saturated carbocycles. The maximum Gasteiger partial charge on any atom is 0.243 e. The monoisotopic (exact) mass is 437 g/mol. The topological polar surface area (TPSA) is 60.9 Å². The fraction of sp³-hybridized carbons (Fsp3) is 0.381. The molecule has 2 aromatic rings. The highest BCUT2D eigenvalue weighted by Crippen LogP contribution is 2.16. The van der Waals surface area contributed by atoms with Crippen LogP contribution in [0.5, 0.6) is 0 Å². The Labute approximate surface area is 175 Å². The smallest absolute Gasteiger partial charge is 0.243 e. The Hall–Kier alpha value is -2.36. The molecule has 1 amide bonds. The van der Waals surface area contributed by atoms with Crippen LogP contribution in [0.4, 0.5) is 8.78 Å². The molecule has 1 aliphatic rings. The molecular weight excluding hydrogens is 412 g/mol. The van der Waals surface area contributed by atoms with Crippen molar-refractivity contribution in [2.24, 2.45) is 0 Å². The molecule has 0 radical (unpaired) electrons. The van der Waals surface area contributed by atoms with E-state index in [9.17, 15) is 22.0 Å². The predicted octanol–water partition coefficient (Wildman–Crippen LogP) is 2.32. The van der Waals surface area contributed by atoms with Gasteiger partial charge in [-0.2, -0.15) is 4.31 Å². The molecule has 0 N–H and O–H groups in total. The van der Waals surface area contributed by atoms with E-state index in [0.29, 0.717) is 26.2 Å². The van der Waals surface area contributed by atoms with Crippen LogP contribution >= 0.6 is 0 Å². The van der Waals surface area contributed by atoms with E-state index in [0.717, 1.165) is 35.0 Å². The third-order valence-electron chi connectivity index (χ3n) is 5.14. The second kappa shape index (κ2) is 9.63. The Morgan fingerprint density at radius 2 is 1.53 bits per heavy atom. The average Bonchev–Trinajstić information content (AvgIpc) is 2.95. The molecule has 9 heteroatoms. The molecule has 1 saturated heterocycles. The summed E-state index contributed by atoms with van der Waals surface area (Å²) in [6, 6.07) is 10.9. The first-order valence-corrected chi connectivity index (χ1v) is 11.2. The molecule has 0 atom stereocenters. The van der Waals surface area contributed by atoms with Gasteiger partial charge in [0, 0.05) is 39.8 Å². The van der Waals surface area contributed by atoms with Gasteiger partial charge in [-0.1, -0.05) is 12.1 Å². The first kappa shape index (κ1) is 22.3. The van der Waals surface area contributed by atoms with Gasteiger partial charge in [0.15, 0.2) is 0 Å². The first-order chi connectivity index (χ1) is 14.3. The van der Waals surface area contributed by atoms with Gasteiger partial charge in [-0.25, -0.2) is 17.2 Å². The minimum absolute atomic E-state index is 0.0551. The van der Waals surface area contributed by atoms with Crippen molar-refractivity contribution in [3.63, 3.8) is 0 Å². The molecule has 0 bridgehead atoms. The quantitative estimate of drug-likeness (QED) is 0.696. The van der Waals surface area contributed by atoms with Crippen LogP contribution in [0.1, 0.15) is 12.0 Å². The van der Waals surface area contributed by atoms with Crippen molar-refractivity contribution in [2.45, 2.75) is 17.9 Å². The number of amides is 1. The van der Waals surface area contributed by atoms with Gasteiger partial charge >= 0.3 is 0 Å². The lowest BCUT2D eigenvalue weighted by atomic mass is 10.2. The molecule has 6 nitrogen and oxygen atoms in total. The lowest BCUT2D eigenvalue weighted by Crippen LogP contribution is -2.42. The number of hydrogen-bond acceptors (Lipinski definition) is 4. The van der Waals surface area contributed by atoms with E-state index in [1.165, 1.54) is 31.3 Å². The van der Waals surface area contributed by atoms with Crippen molar-refractivity contribution in [2.75, 3.05) is 39.8 Å². The van der Waals surface area contributed by atoms with Gasteiger partial charge in [-0.15, -0.1) is 0 Å². The largest absolute Gasteiger partial charge is 0.340 e. The Balaban J connectivity index is 1.56. The zero-order valence-electron chi connectivity index (χ0n) is 16.8. The maximum atomic E-state index is 13.1. The molecule has 1 fully saturated rings. The molecule has 3 rings (SSSR count). The Kier molecular flexibility index (Phi) is 7.17. The van der Waals surface area contributed by atoms with Crippen molar-refractivity contribution < 1.29 is 22.0 Å². The van der Waals surface area contributed by atoms with E-state index < -0.39 is 15.8 Å². The van der Waals surface area contributed by atoms with Crippen LogP contribution < -0.4 is 0 Å². The van der Waals surface area contributed by atoms with Gasteiger partial charge in [0.1, 0.15) is 11.6 Å². The van der Waals surface area contributed by atoms with Crippen LogP contribution in [0.3, 0.4) is 0 Å². The summed E-state index contributed by atoms with van der Waals surface area (Å²) in [6.45, 7) is 2.87. The number of rotatable bonds is 6. The molecule has 0 unspecified atom stereocenters. The van der Waals surface area contributed by atoms with Crippen LogP contribution in [-0.4, -0.2) is 68.2 Å². The number of nitrogens with zero attached hydrogens (tertiary/aromatic N) is 3. The van der Waals surface area contributed by atoms with Crippen molar-refractivity contribution >= 4 is 15.9 Å². The van der Waals surface area contributed by atoms with Gasteiger partial charge in [-0.05, 0) is 48.4 Å². The molecular formula is C21H25F2N3O3S. The van der Waals surface area contributed by atoms with Crippen molar-refractivity contribution in [3.05, 3.63) is 65.7 Å². The van der Waals surface area contributed by atoms with Gasteiger partial charge in [-0.3, -0.25) is 9.69 Å². The summed E-state index contributed by atoms with van der Waals surface area (Å²) in [4.78, 5) is 16.5. The van der Waals surface area contributed by atoms with E-state index in [4.69, 9.17) is 0 Å². The average molecular weight is 438 g/mol. The fourth-order valence-corrected chi connectivity index (χ4v) is 4.51. The number of hydrogen-bond donors (Lipinski definition) is 0. The predicted molar refractivity (Wildman–Crippen MR) is 109 cm³/mol. The van der Waals surface area contributed by atoms with Crippen LogP contribution in [-0.2, 0) is 21.4 Å². The second-order valence-corrected chi connectivity index (χ2v) is 9.40. The van der Waals surface area contributed by atoms with Gasteiger partial charge in [0.25, 0.3) is 0 Å². The summed E-state index contributed by atoms with van der Waals surface area (Å²) in [5.41, 5.74) is 1.00. The number of carbonyl (C=O) groups is 1. The summed E-state index contributed by atoms with van der Waals surface area (Å²) in [6.07, 6.45) is 0.765. The zero-order chi connectivity index (χ0) is 21.7. The second-order valence-electron chi connectivity index (χ2n) is 7.35. The molecule has 1 aliphatic heterocycles. The van der Waals surface area contributed by atoms with Gasteiger partial charge in [0.2, 0.25) is 15.9 Å². The highest BCUT2D eigenvalue weighted by atomic mass is 32.2. The van der Waals surface area contributed by atoms with Crippen molar-refractivity contribution in [1.82, 2.24) is 14.1 Å². The molecule has 2 aromatic carbocycles. The van der Waals surface area contributed by atoms with Crippen molar-refractivity contribution in [1.29, 1.82) is 0 Å². The number of carbonyl (C=O) groups excluding carboxylic acids is 1. The van der Waals surface area contributed by atoms with Crippen LogP contribution in [0.25, 0.3) is 0 Å². The van der Waals surface area contributed by atoms with E-state index in [2.05, 4.69) is 4.90 Å². The van der Waals surface area contributed by atoms with Crippen LogP contribution in [0, 0.1) is 11.6 Å². The summed E-state index contributed by atoms with van der Waals surface area (Å²) in [5.74, 6) is -1.07. The third kappa shape index (κ3) is 5.62. The fourth-order valence-electron chi connectivity index (χ4n) is 3.39. The number of benzene rings is 2. The van der Waals surface area contributed by atoms with E-state index in [1.54, 1.807) is 17.0 Å². The summed E-state index contributed by atoms with van der Waals surface area (Å²) in [5, 5.41) is 0. The van der Waals surface area contributed by atoms with Gasteiger partial charge in [0.05, 0.1) is 11.4 Å². The first-order valence-electron chi connectivity index (χ1n) is 9.72. The Bertz CT molecular complexity index is 966. The standard InChI is InChI=1S/C21H25F2N3O3S/c1-24(30(28,29)20-9-7-19(23)8-10-20)16-21(27)26-12-2-11-25(13-14-26)15-17-3-5-18(22)6-4-17/h3-10H,2,11-16H2,1H3. The molecule has 0 aromatic heterocycles. The van der Waals surface area contributed by atoms with Crippen LogP contribution in [0.2, 0.25) is 0 Å². The Morgan fingerprint density at radius 1 is 0.933 bits per heavy atom. The molecule has 0 spiro atoms. The highest BCUT2D eigenvalue weighted by Gasteiger charge is 2.26. The number of likely N-dealkylation sites (N-methyl/N-ethyl adjacent to an activating group) is 1. The summed E-state index contributed by atoms with van der Waals surface area (Å²) in [7, 11) is -2.53. The molecule has 0 aliphatic carbocycles. The molecule has 1 heterocycles. The Morgan fingerprint density at radius 3 is 2.17 bits per heavy atom. The van der Waals surface area contributed by atoms with E-state index >= 15 is 0 Å². The lowest BCUT2D eigenvalue weighted by Gasteiger charge is -2.24. The SMILES string of the molecule is CN(CC(=O)N1CCCN(Cc2ccc(F)cc2)CC1)S(=O)(=O)c1ccc(F)cc1. The summed E-state index contributed by atoms with van der Waals surface area (Å²) < 4.78 is 52.3. The third-order valence-corrected chi connectivity index (χ3v) is 6.96. The number of halogens is 2. The van der Waals surface area contributed by atoms with E-state index in [1.807, 2.05) is 0 Å². The normalized spacial score (nSPS) is 15.9. The lowest BCUT2D eigenvalue weighted by molar-refractivity contribution is -0.131. The van der Waals surface area contributed by atoms with Crippen LogP contribution in [0.15, 0.2) is 53.4 Å². The molecule has 162 valence electrons. The molecule has 30 heavy (non-hydrogen) atoms. The van der Waals surface area contributed by atoms with Crippen molar-refractivity contribution in [3.8, 4) is 0 Å². The van der Waals surface area contributed by atoms with Gasteiger partial charge < -0.3 is 4.90 Å². The maximum absolute atomic E-state index is 13.1. The van der Waals surface area contributed by atoms with E-state index in [-0.39, 0.29) is 23.2 Å². The summed E-state index contributed by atoms with van der Waals surface area (Å²) >= 11 is 0. The minimum Gasteiger partial charge on any atom is -0.340 e. The zero-order valence-corrected chi connectivity index (χ0v) is 17.6. The minimum atomic E-state index is -3.88.